The molecule has 96 valence electrons. The van der Waals surface area contributed by atoms with Gasteiger partial charge in [0.25, 0.3) is 0 Å². The quantitative estimate of drug-likeness (QED) is 0.892. The number of nitrogens with one attached hydrogen (secondary N) is 1. The zero-order chi connectivity index (χ0) is 12.1. The van der Waals surface area contributed by atoms with Crippen LogP contribution in [0.3, 0.4) is 0 Å². The second-order valence-corrected chi connectivity index (χ2v) is 6.04. The fraction of sp³-hybridized carbons (Fsp3) is 0.769. The van der Waals surface area contributed by atoms with Gasteiger partial charge in [0.05, 0.1) is 5.01 Å². The Morgan fingerprint density at radius 1 is 1.53 bits per heavy atom. The van der Waals surface area contributed by atoms with E-state index < -0.39 is 0 Å². The van der Waals surface area contributed by atoms with Crippen LogP contribution in [0, 0.1) is 0 Å². The van der Waals surface area contributed by atoms with Crippen molar-refractivity contribution < 1.29 is 0 Å². The Morgan fingerprint density at radius 3 is 3.18 bits per heavy atom. The Balaban J connectivity index is 1.74. The molecule has 3 nitrogen and oxygen atoms in total. The van der Waals surface area contributed by atoms with Gasteiger partial charge < -0.3 is 10.2 Å². The monoisotopic (exact) mass is 253 g/mol. The first kappa shape index (κ1) is 13.0. The van der Waals surface area contributed by atoms with Crippen LogP contribution >= 0.6 is 11.3 Å². The number of hydrogen-bond donors (Lipinski definition) is 1. The molecule has 1 aliphatic heterocycles. The summed E-state index contributed by atoms with van der Waals surface area (Å²) in [6.07, 6.45) is 5.81. The van der Waals surface area contributed by atoms with Gasteiger partial charge in [-0.05, 0) is 39.4 Å². The lowest BCUT2D eigenvalue weighted by Crippen LogP contribution is -2.33. The molecule has 2 unspecified atom stereocenters. The minimum absolute atomic E-state index is 0.538. The number of hydrogen-bond acceptors (Lipinski definition) is 4. The first-order valence-corrected chi connectivity index (χ1v) is 7.45. The van der Waals surface area contributed by atoms with Gasteiger partial charge in [-0.1, -0.05) is 6.92 Å². The molecule has 17 heavy (non-hydrogen) atoms. The summed E-state index contributed by atoms with van der Waals surface area (Å²) in [5, 5.41) is 7.03. The van der Waals surface area contributed by atoms with Gasteiger partial charge in [0.15, 0.2) is 0 Å². The molecule has 0 aliphatic carbocycles. The third-order valence-corrected chi connectivity index (χ3v) is 4.54. The van der Waals surface area contributed by atoms with Crippen LogP contribution in [0.4, 0.5) is 0 Å². The minimum Gasteiger partial charge on any atom is -0.313 e. The highest BCUT2D eigenvalue weighted by atomic mass is 32.1. The average Bonchev–Trinajstić information content (AvgIpc) is 2.78. The predicted octanol–water partition coefficient (Wildman–Crippen LogP) is 2.32. The molecule has 0 spiro atoms. The van der Waals surface area contributed by atoms with Crippen LogP contribution in [0.2, 0.25) is 0 Å². The molecule has 1 aliphatic rings. The summed E-state index contributed by atoms with van der Waals surface area (Å²) in [6.45, 7) is 5.79. The van der Waals surface area contributed by atoms with Gasteiger partial charge in [-0.15, -0.1) is 11.3 Å². The fourth-order valence-corrected chi connectivity index (χ4v) is 3.05. The average molecular weight is 253 g/mol. The van der Waals surface area contributed by atoms with E-state index in [9.17, 15) is 0 Å². The molecular weight excluding hydrogens is 230 g/mol. The highest BCUT2D eigenvalue weighted by Crippen LogP contribution is 2.17. The molecule has 1 fully saturated rings. The normalized spacial score (nSPS) is 24.5. The lowest BCUT2D eigenvalue weighted by atomic mass is 10.1. The molecule has 2 rings (SSSR count). The maximum absolute atomic E-state index is 4.38. The maximum Gasteiger partial charge on any atom is 0.0965 e. The van der Waals surface area contributed by atoms with E-state index in [4.69, 9.17) is 0 Å². The molecule has 4 heteroatoms. The summed E-state index contributed by atoms with van der Waals surface area (Å²) in [4.78, 5) is 6.82. The maximum atomic E-state index is 4.38. The molecule has 0 amide bonds. The Labute approximate surface area is 108 Å². The van der Waals surface area contributed by atoms with Crippen molar-refractivity contribution in [3.63, 3.8) is 0 Å². The zero-order valence-corrected chi connectivity index (χ0v) is 11.7. The second kappa shape index (κ2) is 6.47. The standard InChI is InChI=1S/C13H23N3S/c1-11(13-14-6-9-17-13)10-15-12-4-3-7-16(2)8-5-12/h6,9,11-12,15H,3-5,7-8,10H2,1-2H3. The van der Waals surface area contributed by atoms with Crippen molar-refractivity contribution in [3.8, 4) is 0 Å². The molecule has 1 aromatic heterocycles. The topological polar surface area (TPSA) is 28.2 Å². The van der Waals surface area contributed by atoms with E-state index >= 15 is 0 Å². The Kier molecular flexibility index (Phi) is 4.95. The smallest absolute Gasteiger partial charge is 0.0965 e. The molecular formula is C13H23N3S. The Hall–Kier alpha value is -0.450. The van der Waals surface area contributed by atoms with Crippen LogP contribution < -0.4 is 5.32 Å². The van der Waals surface area contributed by atoms with E-state index in [-0.39, 0.29) is 0 Å². The zero-order valence-electron chi connectivity index (χ0n) is 10.9. The summed E-state index contributed by atoms with van der Waals surface area (Å²) in [5.41, 5.74) is 0. The highest BCUT2D eigenvalue weighted by molar-refractivity contribution is 7.09. The third kappa shape index (κ3) is 4.05. The molecule has 0 bridgehead atoms. The van der Waals surface area contributed by atoms with E-state index in [1.54, 1.807) is 11.3 Å². The molecule has 1 saturated heterocycles. The van der Waals surface area contributed by atoms with Gasteiger partial charge in [0, 0.05) is 30.1 Å². The molecule has 2 heterocycles. The number of thiazole rings is 1. The molecule has 1 N–H and O–H groups in total. The van der Waals surface area contributed by atoms with Crippen molar-refractivity contribution in [1.82, 2.24) is 15.2 Å². The van der Waals surface area contributed by atoms with Gasteiger partial charge in [-0.2, -0.15) is 0 Å². The summed E-state index contributed by atoms with van der Waals surface area (Å²) in [6, 6.07) is 0.697. The SMILES string of the molecule is CC(CNC1CCCN(C)CC1)c1nccs1. The first-order chi connectivity index (χ1) is 8.25. The van der Waals surface area contributed by atoms with Crippen molar-refractivity contribution in [2.24, 2.45) is 0 Å². The third-order valence-electron chi connectivity index (χ3n) is 3.54. The van der Waals surface area contributed by atoms with Crippen molar-refractivity contribution in [2.45, 2.75) is 38.1 Å². The van der Waals surface area contributed by atoms with Gasteiger partial charge in [-0.3, -0.25) is 0 Å². The number of rotatable bonds is 4. The largest absolute Gasteiger partial charge is 0.313 e. The van der Waals surface area contributed by atoms with Crippen molar-refractivity contribution in [2.75, 3.05) is 26.7 Å². The van der Waals surface area contributed by atoms with Gasteiger partial charge in [-0.25, -0.2) is 4.98 Å². The summed E-state index contributed by atoms with van der Waals surface area (Å²) in [5.74, 6) is 0.538. The summed E-state index contributed by atoms with van der Waals surface area (Å²) in [7, 11) is 2.22. The van der Waals surface area contributed by atoms with E-state index in [1.807, 2.05) is 6.20 Å². The molecule has 0 saturated carbocycles. The Bertz CT molecular complexity index is 312. The van der Waals surface area contributed by atoms with E-state index in [0.29, 0.717) is 12.0 Å². The van der Waals surface area contributed by atoms with Crippen molar-refractivity contribution in [3.05, 3.63) is 16.6 Å². The Morgan fingerprint density at radius 2 is 2.41 bits per heavy atom. The van der Waals surface area contributed by atoms with Crippen LogP contribution in [-0.4, -0.2) is 42.6 Å². The number of likely N-dealkylation sites (tertiary alicyclic amines) is 1. The van der Waals surface area contributed by atoms with Gasteiger partial charge >= 0.3 is 0 Å². The number of aromatic nitrogens is 1. The first-order valence-electron chi connectivity index (χ1n) is 6.57. The summed E-state index contributed by atoms with van der Waals surface area (Å²) < 4.78 is 0. The number of nitrogens with zero attached hydrogens (tertiary/aromatic N) is 2. The van der Waals surface area contributed by atoms with Gasteiger partial charge in [0.1, 0.15) is 0 Å². The van der Waals surface area contributed by atoms with Crippen molar-refractivity contribution >= 4 is 11.3 Å². The van der Waals surface area contributed by atoms with Crippen molar-refractivity contribution in [1.29, 1.82) is 0 Å². The minimum atomic E-state index is 0.538. The summed E-state index contributed by atoms with van der Waals surface area (Å²) >= 11 is 1.76. The van der Waals surface area contributed by atoms with Gasteiger partial charge in [0.2, 0.25) is 0 Å². The van der Waals surface area contributed by atoms with E-state index in [0.717, 1.165) is 6.54 Å². The molecule has 0 aromatic carbocycles. The molecule has 1 aromatic rings. The second-order valence-electron chi connectivity index (χ2n) is 5.11. The van der Waals surface area contributed by atoms with Crippen LogP contribution in [0.5, 0.6) is 0 Å². The van der Waals surface area contributed by atoms with Crippen LogP contribution in [0.25, 0.3) is 0 Å². The lowest BCUT2D eigenvalue weighted by Gasteiger charge is -2.18. The lowest BCUT2D eigenvalue weighted by molar-refractivity contribution is 0.343. The highest BCUT2D eigenvalue weighted by Gasteiger charge is 2.16. The molecule has 2 atom stereocenters. The predicted molar refractivity (Wildman–Crippen MR) is 73.7 cm³/mol. The molecule has 0 radical (unpaired) electrons. The fourth-order valence-electron chi connectivity index (χ4n) is 2.35. The van der Waals surface area contributed by atoms with E-state index in [2.05, 4.69) is 34.6 Å². The van der Waals surface area contributed by atoms with E-state index in [1.165, 1.54) is 37.4 Å². The van der Waals surface area contributed by atoms with Crippen LogP contribution in [-0.2, 0) is 0 Å². The van der Waals surface area contributed by atoms with Crippen LogP contribution in [0.15, 0.2) is 11.6 Å². The van der Waals surface area contributed by atoms with Crippen LogP contribution in [0.1, 0.15) is 37.1 Å².